The van der Waals surface area contributed by atoms with E-state index in [2.05, 4.69) is 0 Å². The maximum atomic E-state index is 12.6. The highest BCUT2D eigenvalue weighted by atomic mass is 32.2. The van der Waals surface area contributed by atoms with Crippen LogP contribution in [0.3, 0.4) is 0 Å². The van der Waals surface area contributed by atoms with Crippen molar-refractivity contribution in [3.05, 3.63) is 30.3 Å². The van der Waals surface area contributed by atoms with Gasteiger partial charge in [0.25, 0.3) is 0 Å². The van der Waals surface area contributed by atoms with Crippen molar-refractivity contribution in [2.75, 3.05) is 6.54 Å². The van der Waals surface area contributed by atoms with Crippen molar-refractivity contribution in [3.8, 4) is 0 Å². The minimum absolute atomic E-state index is 0.189. The maximum absolute atomic E-state index is 12.6. The van der Waals surface area contributed by atoms with Crippen LogP contribution in [0, 0.1) is 0 Å². The Balaban J connectivity index is 2.26. The summed E-state index contributed by atoms with van der Waals surface area (Å²) in [5, 5.41) is 0. The standard InChI is InChI=1S/C14H21NO2S/c1-2-15(13-9-5-3-6-10-13)18(16,17)14-11-7-4-8-12-14/h4,7-8,11-13H,2-3,5-6,9-10H2,1H3. The van der Waals surface area contributed by atoms with Gasteiger partial charge in [0.2, 0.25) is 10.0 Å². The molecule has 2 rings (SSSR count). The number of sulfonamides is 1. The Bertz CT molecular complexity index is 464. The molecule has 0 heterocycles. The van der Waals surface area contributed by atoms with Crippen LogP contribution in [0.5, 0.6) is 0 Å². The number of nitrogens with zero attached hydrogens (tertiary/aromatic N) is 1. The van der Waals surface area contributed by atoms with Gasteiger partial charge in [-0.3, -0.25) is 0 Å². The second-order valence-electron chi connectivity index (χ2n) is 4.81. The summed E-state index contributed by atoms with van der Waals surface area (Å²) < 4.78 is 26.9. The van der Waals surface area contributed by atoms with Crippen LogP contribution < -0.4 is 0 Å². The first-order chi connectivity index (χ1) is 8.66. The molecule has 0 amide bonds. The van der Waals surface area contributed by atoms with Gasteiger partial charge in [0.1, 0.15) is 0 Å². The van der Waals surface area contributed by atoms with Crippen molar-refractivity contribution in [2.24, 2.45) is 0 Å². The third-order valence-electron chi connectivity index (χ3n) is 3.64. The molecule has 0 bridgehead atoms. The van der Waals surface area contributed by atoms with E-state index in [1.807, 2.05) is 13.0 Å². The van der Waals surface area contributed by atoms with Crippen LogP contribution in [-0.4, -0.2) is 25.3 Å². The van der Waals surface area contributed by atoms with E-state index in [-0.39, 0.29) is 6.04 Å². The molecule has 1 fully saturated rings. The first-order valence-corrected chi connectivity index (χ1v) is 8.17. The van der Waals surface area contributed by atoms with Crippen LogP contribution >= 0.6 is 0 Å². The van der Waals surface area contributed by atoms with Crippen LogP contribution in [-0.2, 0) is 10.0 Å². The Kier molecular flexibility index (Phi) is 4.40. The van der Waals surface area contributed by atoms with Crippen LogP contribution in [0.4, 0.5) is 0 Å². The molecule has 0 N–H and O–H groups in total. The molecule has 4 heteroatoms. The molecule has 0 spiro atoms. The van der Waals surface area contributed by atoms with Gasteiger partial charge in [0.15, 0.2) is 0 Å². The summed E-state index contributed by atoms with van der Waals surface area (Å²) >= 11 is 0. The molecular formula is C14H21NO2S. The lowest BCUT2D eigenvalue weighted by Crippen LogP contribution is -2.41. The predicted octanol–water partition coefficient (Wildman–Crippen LogP) is 3.03. The lowest BCUT2D eigenvalue weighted by atomic mass is 9.95. The van der Waals surface area contributed by atoms with Crippen LogP contribution in [0.2, 0.25) is 0 Å². The summed E-state index contributed by atoms with van der Waals surface area (Å²) in [7, 11) is -3.32. The molecule has 0 saturated heterocycles. The van der Waals surface area contributed by atoms with Crippen molar-refractivity contribution in [1.82, 2.24) is 4.31 Å². The van der Waals surface area contributed by atoms with Gasteiger partial charge in [-0.2, -0.15) is 4.31 Å². The van der Waals surface area contributed by atoms with Crippen LogP contribution in [0.25, 0.3) is 0 Å². The Morgan fingerprint density at radius 3 is 2.28 bits per heavy atom. The maximum Gasteiger partial charge on any atom is 0.243 e. The predicted molar refractivity (Wildman–Crippen MR) is 72.9 cm³/mol. The Hall–Kier alpha value is -0.870. The van der Waals surface area contributed by atoms with Gasteiger partial charge in [-0.25, -0.2) is 8.42 Å². The van der Waals surface area contributed by atoms with Gasteiger partial charge in [-0.15, -0.1) is 0 Å². The number of benzene rings is 1. The normalized spacial score (nSPS) is 18.1. The molecule has 18 heavy (non-hydrogen) atoms. The van der Waals surface area contributed by atoms with Gasteiger partial charge in [0, 0.05) is 12.6 Å². The largest absolute Gasteiger partial charge is 0.243 e. The minimum Gasteiger partial charge on any atom is -0.207 e. The molecule has 1 aromatic carbocycles. The number of rotatable bonds is 4. The molecule has 0 atom stereocenters. The number of hydrogen-bond donors (Lipinski definition) is 0. The van der Waals surface area contributed by atoms with Gasteiger partial charge in [-0.1, -0.05) is 44.4 Å². The second kappa shape index (κ2) is 5.85. The fourth-order valence-electron chi connectivity index (χ4n) is 2.72. The zero-order valence-electron chi connectivity index (χ0n) is 10.9. The van der Waals surface area contributed by atoms with Crippen molar-refractivity contribution in [3.63, 3.8) is 0 Å². The molecule has 1 aliphatic carbocycles. The molecule has 0 unspecified atom stereocenters. The highest BCUT2D eigenvalue weighted by Crippen LogP contribution is 2.27. The summed E-state index contributed by atoms with van der Waals surface area (Å²) in [5.74, 6) is 0. The molecular weight excluding hydrogens is 246 g/mol. The lowest BCUT2D eigenvalue weighted by Gasteiger charge is -2.32. The van der Waals surface area contributed by atoms with E-state index in [4.69, 9.17) is 0 Å². The van der Waals surface area contributed by atoms with E-state index < -0.39 is 10.0 Å². The van der Waals surface area contributed by atoms with Gasteiger partial charge < -0.3 is 0 Å². The van der Waals surface area contributed by atoms with E-state index in [0.29, 0.717) is 11.4 Å². The Labute approximate surface area is 110 Å². The van der Waals surface area contributed by atoms with Crippen molar-refractivity contribution < 1.29 is 8.42 Å². The molecule has 0 radical (unpaired) electrons. The van der Waals surface area contributed by atoms with E-state index in [1.165, 1.54) is 6.42 Å². The van der Waals surface area contributed by atoms with E-state index >= 15 is 0 Å². The average Bonchev–Trinajstić information content (AvgIpc) is 2.41. The summed E-state index contributed by atoms with van der Waals surface area (Å²) in [4.78, 5) is 0.414. The summed E-state index contributed by atoms with van der Waals surface area (Å²) in [6, 6.07) is 8.95. The minimum atomic E-state index is -3.32. The molecule has 1 aliphatic rings. The summed E-state index contributed by atoms with van der Waals surface area (Å²) in [5.41, 5.74) is 0. The van der Waals surface area contributed by atoms with Crippen molar-refractivity contribution in [1.29, 1.82) is 0 Å². The van der Waals surface area contributed by atoms with Gasteiger partial charge in [0.05, 0.1) is 4.90 Å². The van der Waals surface area contributed by atoms with Crippen LogP contribution in [0.1, 0.15) is 39.0 Å². The van der Waals surface area contributed by atoms with Gasteiger partial charge in [-0.05, 0) is 25.0 Å². The Morgan fingerprint density at radius 2 is 1.72 bits per heavy atom. The SMILES string of the molecule is CCN(C1CCCCC1)S(=O)(=O)c1ccccc1. The average molecular weight is 267 g/mol. The first kappa shape index (κ1) is 13.6. The van der Waals surface area contributed by atoms with E-state index in [9.17, 15) is 8.42 Å². The highest BCUT2D eigenvalue weighted by Gasteiger charge is 2.30. The molecule has 0 aliphatic heterocycles. The molecule has 1 saturated carbocycles. The fourth-order valence-corrected chi connectivity index (χ4v) is 4.44. The van der Waals surface area contributed by atoms with E-state index in [1.54, 1.807) is 28.6 Å². The smallest absolute Gasteiger partial charge is 0.207 e. The monoisotopic (exact) mass is 267 g/mol. The summed E-state index contributed by atoms with van der Waals surface area (Å²) in [6.07, 6.45) is 5.52. The molecule has 0 aromatic heterocycles. The Morgan fingerprint density at radius 1 is 1.11 bits per heavy atom. The van der Waals surface area contributed by atoms with Crippen molar-refractivity contribution in [2.45, 2.75) is 50.0 Å². The summed E-state index contributed by atoms with van der Waals surface area (Å²) in [6.45, 7) is 2.48. The van der Waals surface area contributed by atoms with Crippen LogP contribution in [0.15, 0.2) is 35.2 Å². The topological polar surface area (TPSA) is 37.4 Å². The van der Waals surface area contributed by atoms with Gasteiger partial charge >= 0.3 is 0 Å². The third-order valence-corrected chi connectivity index (χ3v) is 5.69. The third kappa shape index (κ3) is 2.75. The number of hydrogen-bond acceptors (Lipinski definition) is 2. The highest BCUT2D eigenvalue weighted by molar-refractivity contribution is 7.89. The lowest BCUT2D eigenvalue weighted by molar-refractivity contribution is 0.261. The molecule has 100 valence electrons. The zero-order chi connectivity index (χ0) is 13.0. The zero-order valence-corrected chi connectivity index (χ0v) is 11.7. The van der Waals surface area contributed by atoms with E-state index in [0.717, 1.165) is 25.7 Å². The quantitative estimate of drug-likeness (QED) is 0.841. The molecule has 1 aromatic rings. The first-order valence-electron chi connectivity index (χ1n) is 6.73. The fraction of sp³-hybridized carbons (Fsp3) is 0.571. The second-order valence-corrected chi connectivity index (χ2v) is 6.70. The molecule has 3 nitrogen and oxygen atoms in total. The van der Waals surface area contributed by atoms with Crippen molar-refractivity contribution >= 4 is 10.0 Å².